The molecule has 2 rings (SSSR count). The summed E-state index contributed by atoms with van der Waals surface area (Å²) in [7, 11) is 0. The van der Waals surface area contributed by atoms with E-state index in [9.17, 15) is 0 Å². The SMILES string of the molecule is S=C=Nc1ccc2c(c1)CCC2. The van der Waals surface area contributed by atoms with Crippen LogP contribution >= 0.6 is 12.2 Å². The number of hydrogen-bond acceptors (Lipinski definition) is 2. The Bertz CT molecular complexity index is 351. The molecule has 1 aliphatic carbocycles. The second-order valence-corrected chi connectivity index (χ2v) is 3.19. The predicted octanol–water partition coefficient (Wildman–Crippen LogP) is 2.91. The van der Waals surface area contributed by atoms with Gasteiger partial charge in [-0.1, -0.05) is 6.07 Å². The Kier molecular flexibility index (Phi) is 2.03. The van der Waals surface area contributed by atoms with Gasteiger partial charge < -0.3 is 0 Å². The second kappa shape index (κ2) is 3.18. The molecular formula is C10H9NS. The van der Waals surface area contributed by atoms with Crippen LogP contribution in [-0.4, -0.2) is 5.16 Å². The summed E-state index contributed by atoms with van der Waals surface area (Å²) in [4.78, 5) is 3.95. The maximum absolute atomic E-state index is 4.55. The van der Waals surface area contributed by atoms with Crippen LogP contribution in [0.3, 0.4) is 0 Å². The zero-order valence-corrected chi connectivity index (χ0v) is 7.53. The van der Waals surface area contributed by atoms with Gasteiger partial charge in [0.25, 0.3) is 0 Å². The van der Waals surface area contributed by atoms with Crippen molar-refractivity contribution >= 4 is 23.1 Å². The van der Waals surface area contributed by atoms with Gasteiger partial charge in [0.15, 0.2) is 0 Å². The summed E-state index contributed by atoms with van der Waals surface area (Å²) in [5.74, 6) is 0. The van der Waals surface area contributed by atoms with Gasteiger partial charge in [0.1, 0.15) is 0 Å². The lowest BCUT2D eigenvalue weighted by Gasteiger charge is -1.97. The molecule has 0 N–H and O–H groups in total. The summed E-state index contributed by atoms with van der Waals surface area (Å²) in [6.07, 6.45) is 3.69. The number of benzene rings is 1. The van der Waals surface area contributed by atoms with Crippen LogP contribution < -0.4 is 0 Å². The Morgan fingerprint density at radius 1 is 1.25 bits per heavy atom. The molecule has 1 aromatic carbocycles. The van der Waals surface area contributed by atoms with Crippen LogP contribution in [0.5, 0.6) is 0 Å². The second-order valence-electron chi connectivity index (χ2n) is 3.01. The van der Waals surface area contributed by atoms with E-state index >= 15 is 0 Å². The zero-order chi connectivity index (χ0) is 8.39. The molecule has 0 fully saturated rings. The summed E-state index contributed by atoms with van der Waals surface area (Å²) >= 11 is 4.55. The quantitative estimate of drug-likeness (QED) is 0.472. The number of aryl methyl sites for hydroxylation is 2. The largest absolute Gasteiger partial charge is 0.195 e. The standard InChI is InChI=1S/C10H9NS/c12-7-11-10-5-4-8-2-1-3-9(8)6-10/h4-6H,1-3H2. The molecule has 0 radical (unpaired) electrons. The van der Waals surface area contributed by atoms with Gasteiger partial charge in [-0.15, -0.1) is 0 Å². The molecule has 0 aliphatic heterocycles. The Hall–Kier alpha value is -0.980. The molecule has 0 aromatic heterocycles. The number of nitrogens with zero attached hydrogens (tertiary/aromatic N) is 1. The van der Waals surface area contributed by atoms with E-state index in [0.29, 0.717) is 0 Å². The van der Waals surface area contributed by atoms with Crippen molar-refractivity contribution in [3.8, 4) is 0 Å². The lowest BCUT2D eigenvalue weighted by Crippen LogP contribution is -1.79. The minimum absolute atomic E-state index is 0.936. The third kappa shape index (κ3) is 1.31. The van der Waals surface area contributed by atoms with Gasteiger partial charge in [-0.2, -0.15) is 4.99 Å². The number of rotatable bonds is 1. The maximum Gasteiger partial charge on any atom is 0.0742 e. The Morgan fingerprint density at radius 2 is 2.08 bits per heavy atom. The topological polar surface area (TPSA) is 12.4 Å². The molecule has 0 amide bonds. The minimum atomic E-state index is 0.936. The van der Waals surface area contributed by atoms with E-state index in [1.54, 1.807) is 0 Å². The number of aliphatic imine (C=N–C) groups is 1. The van der Waals surface area contributed by atoms with Crippen molar-refractivity contribution in [3.63, 3.8) is 0 Å². The van der Waals surface area contributed by atoms with Crippen LogP contribution in [0.25, 0.3) is 0 Å². The van der Waals surface area contributed by atoms with Gasteiger partial charge in [-0.05, 0) is 54.7 Å². The molecule has 0 saturated heterocycles. The highest BCUT2D eigenvalue weighted by Gasteiger charge is 2.09. The first kappa shape index (κ1) is 7.66. The normalized spacial score (nSPS) is 13.7. The van der Waals surface area contributed by atoms with Crippen molar-refractivity contribution in [3.05, 3.63) is 29.3 Å². The smallest absolute Gasteiger partial charge is 0.0742 e. The van der Waals surface area contributed by atoms with Crippen molar-refractivity contribution in [2.45, 2.75) is 19.3 Å². The molecule has 0 bridgehead atoms. The van der Waals surface area contributed by atoms with E-state index < -0.39 is 0 Å². The van der Waals surface area contributed by atoms with E-state index in [1.807, 2.05) is 6.07 Å². The van der Waals surface area contributed by atoms with Gasteiger partial charge in [0, 0.05) is 0 Å². The molecular weight excluding hydrogens is 166 g/mol. The third-order valence-corrected chi connectivity index (χ3v) is 2.35. The summed E-state index contributed by atoms with van der Waals surface area (Å²) < 4.78 is 0. The molecule has 0 spiro atoms. The van der Waals surface area contributed by atoms with Crippen molar-refractivity contribution in [1.29, 1.82) is 0 Å². The summed E-state index contributed by atoms with van der Waals surface area (Å²) in [5.41, 5.74) is 3.84. The van der Waals surface area contributed by atoms with E-state index in [-0.39, 0.29) is 0 Å². The van der Waals surface area contributed by atoms with Gasteiger partial charge in [0.05, 0.1) is 10.8 Å². The molecule has 1 nitrogen and oxygen atoms in total. The highest BCUT2D eigenvalue weighted by atomic mass is 32.1. The summed E-state index contributed by atoms with van der Waals surface area (Å²) in [6.45, 7) is 0. The first-order valence-electron chi connectivity index (χ1n) is 4.10. The molecule has 0 saturated carbocycles. The molecule has 12 heavy (non-hydrogen) atoms. The Morgan fingerprint density at radius 3 is 2.92 bits per heavy atom. The first-order valence-corrected chi connectivity index (χ1v) is 4.50. The van der Waals surface area contributed by atoms with Gasteiger partial charge in [-0.25, -0.2) is 0 Å². The molecule has 2 heteroatoms. The number of fused-ring (bicyclic) bond motifs is 1. The fourth-order valence-electron chi connectivity index (χ4n) is 1.68. The van der Waals surface area contributed by atoms with Crippen LogP contribution in [0, 0.1) is 0 Å². The lowest BCUT2D eigenvalue weighted by atomic mass is 10.1. The van der Waals surface area contributed by atoms with Gasteiger partial charge in [0.2, 0.25) is 0 Å². The maximum atomic E-state index is 4.55. The van der Waals surface area contributed by atoms with Crippen LogP contribution in [0.4, 0.5) is 5.69 Å². The predicted molar refractivity (Wildman–Crippen MR) is 53.2 cm³/mol. The Labute approximate surface area is 77.1 Å². The fourth-order valence-corrected chi connectivity index (χ4v) is 1.79. The first-order chi connectivity index (χ1) is 5.90. The van der Waals surface area contributed by atoms with Crippen LogP contribution in [0.1, 0.15) is 17.5 Å². The summed E-state index contributed by atoms with van der Waals surface area (Å²) in [5, 5.41) is 2.38. The third-order valence-electron chi connectivity index (χ3n) is 2.26. The average molecular weight is 175 g/mol. The van der Waals surface area contributed by atoms with Gasteiger partial charge >= 0.3 is 0 Å². The van der Waals surface area contributed by atoms with Crippen molar-refractivity contribution in [2.75, 3.05) is 0 Å². The number of isothiocyanates is 1. The molecule has 1 aliphatic rings. The molecule has 0 heterocycles. The number of thiocarbonyl (C=S) groups is 1. The Balaban J connectivity index is 2.45. The zero-order valence-electron chi connectivity index (χ0n) is 6.71. The molecule has 1 aromatic rings. The van der Waals surface area contributed by atoms with E-state index in [2.05, 4.69) is 34.5 Å². The number of hydrogen-bond donors (Lipinski definition) is 0. The highest BCUT2D eigenvalue weighted by molar-refractivity contribution is 7.78. The van der Waals surface area contributed by atoms with E-state index in [4.69, 9.17) is 0 Å². The molecule has 60 valence electrons. The lowest BCUT2D eigenvalue weighted by molar-refractivity contribution is 0.912. The van der Waals surface area contributed by atoms with Gasteiger partial charge in [-0.3, -0.25) is 0 Å². The van der Waals surface area contributed by atoms with Crippen molar-refractivity contribution in [1.82, 2.24) is 0 Å². The van der Waals surface area contributed by atoms with Crippen molar-refractivity contribution < 1.29 is 0 Å². The molecule has 0 unspecified atom stereocenters. The molecule has 0 atom stereocenters. The minimum Gasteiger partial charge on any atom is -0.195 e. The van der Waals surface area contributed by atoms with Crippen molar-refractivity contribution in [2.24, 2.45) is 4.99 Å². The average Bonchev–Trinajstić information content (AvgIpc) is 2.51. The van der Waals surface area contributed by atoms with Crippen LogP contribution in [-0.2, 0) is 12.8 Å². The van der Waals surface area contributed by atoms with E-state index in [1.165, 1.54) is 30.4 Å². The van der Waals surface area contributed by atoms with Crippen LogP contribution in [0.15, 0.2) is 23.2 Å². The fraction of sp³-hybridized carbons (Fsp3) is 0.300. The highest BCUT2D eigenvalue weighted by Crippen LogP contribution is 2.25. The summed E-state index contributed by atoms with van der Waals surface area (Å²) in [6, 6.07) is 6.26. The van der Waals surface area contributed by atoms with E-state index in [0.717, 1.165) is 5.69 Å². The van der Waals surface area contributed by atoms with Crippen LogP contribution in [0.2, 0.25) is 0 Å². The monoisotopic (exact) mass is 175 g/mol.